The number of sulfonamides is 1. The third-order valence-corrected chi connectivity index (χ3v) is 6.81. The zero-order chi connectivity index (χ0) is 20.6. The quantitative estimate of drug-likeness (QED) is 0.781. The lowest BCUT2D eigenvalue weighted by molar-refractivity contribution is 0.0734. The second-order valence-electron chi connectivity index (χ2n) is 7.38. The van der Waals surface area contributed by atoms with Crippen LogP contribution in [0, 0.1) is 0 Å². The van der Waals surface area contributed by atoms with E-state index in [9.17, 15) is 13.2 Å². The number of ether oxygens (including phenoxy) is 2. The molecule has 1 fully saturated rings. The molecule has 0 aromatic heterocycles. The molecule has 29 heavy (non-hydrogen) atoms. The predicted octanol–water partition coefficient (Wildman–Crippen LogP) is 2.34. The summed E-state index contributed by atoms with van der Waals surface area (Å²) in [6.07, 6.45) is 2.42. The highest BCUT2D eigenvalue weighted by Crippen LogP contribution is 2.33. The van der Waals surface area contributed by atoms with Crippen LogP contribution < -0.4 is 14.2 Å². The number of methoxy groups -OCH3 is 2. The molecule has 1 saturated carbocycles. The maximum absolute atomic E-state index is 13.1. The smallest absolute Gasteiger partial charge is 0.254 e. The first-order chi connectivity index (χ1) is 13.9. The summed E-state index contributed by atoms with van der Waals surface area (Å²) in [5.74, 6) is 1.11. The average Bonchev–Trinajstić information content (AvgIpc) is 3.55. The number of carbonyl (C=O) groups is 1. The van der Waals surface area contributed by atoms with Gasteiger partial charge in [0.05, 0.1) is 19.1 Å². The van der Waals surface area contributed by atoms with Crippen LogP contribution in [0.5, 0.6) is 11.5 Å². The van der Waals surface area contributed by atoms with Gasteiger partial charge in [0, 0.05) is 24.7 Å². The van der Waals surface area contributed by atoms with Crippen molar-refractivity contribution >= 4 is 15.9 Å². The van der Waals surface area contributed by atoms with Gasteiger partial charge in [-0.15, -0.1) is 0 Å². The van der Waals surface area contributed by atoms with E-state index >= 15 is 0 Å². The standard InChI is InChI=1S/C21H24N2O5S/c1-27-19-11-14-8-9-23(13-16(14)12-20(19)28-2)21(24)15-4-3-5-18(10-15)29(25,26)22-17-6-7-17/h3-5,10-12,17,22H,6-9,13H2,1-2H3. The Morgan fingerprint density at radius 3 is 2.41 bits per heavy atom. The van der Waals surface area contributed by atoms with Gasteiger partial charge in [-0.3, -0.25) is 4.79 Å². The Kier molecular flexibility index (Phi) is 5.23. The minimum absolute atomic E-state index is 0.0184. The fraction of sp³-hybridized carbons (Fsp3) is 0.381. The molecule has 0 saturated heterocycles. The minimum Gasteiger partial charge on any atom is -0.493 e. The molecule has 0 unspecified atom stereocenters. The molecule has 0 atom stereocenters. The fourth-order valence-corrected chi connectivity index (χ4v) is 4.87. The Hall–Kier alpha value is -2.58. The highest BCUT2D eigenvalue weighted by molar-refractivity contribution is 7.89. The van der Waals surface area contributed by atoms with Gasteiger partial charge in [0.15, 0.2) is 11.5 Å². The molecule has 2 aromatic carbocycles. The van der Waals surface area contributed by atoms with Gasteiger partial charge in [-0.1, -0.05) is 6.07 Å². The summed E-state index contributed by atoms with van der Waals surface area (Å²) in [5, 5.41) is 0. The Balaban J connectivity index is 1.56. The second kappa shape index (κ2) is 7.68. The lowest BCUT2D eigenvalue weighted by atomic mass is 9.98. The van der Waals surface area contributed by atoms with Crippen molar-refractivity contribution in [3.63, 3.8) is 0 Å². The molecule has 0 radical (unpaired) electrons. The summed E-state index contributed by atoms with van der Waals surface area (Å²) < 4.78 is 38.3. The Bertz CT molecular complexity index is 1050. The highest BCUT2D eigenvalue weighted by Gasteiger charge is 2.29. The molecule has 1 N–H and O–H groups in total. The van der Waals surface area contributed by atoms with Crippen molar-refractivity contribution in [3.8, 4) is 11.5 Å². The van der Waals surface area contributed by atoms with Crippen LogP contribution in [0.2, 0.25) is 0 Å². The number of hydrogen-bond acceptors (Lipinski definition) is 5. The first-order valence-corrected chi connectivity index (χ1v) is 11.0. The Labute approximate surface area is 170 Å². The predicted molar refractivity (Wildman–Crippen MR) is 108 cm³/mol. The average molecular weight is 416 g/mol. The molecular weight excluding hydrogens is 392 g/mol. The number of amides is 1. The molecule has 1 aliphatic carbocycles. The zero-order valence-corrected chi connectivity index (χ0v) is 17.3. The second-order valence-corrected chi connectivity index (χ2v) is 9.09. The van der Waals surface area contributed by atoms with Crippen molar-refractivity contribution in [1.29, 1.82) is 0 Å². The van der Waals surface area contributed by atoms with E-state index in [4.69, 9.17) is 9.47 Å². The summed E-state index contributed by atoms with van der Waals surface area (Å²) in [6.45, 7) is 0.991. The van der Waals surface area contributed by atoms with E-state index in [1.165, 1.54) is 12.1 Å². The molecule has 0 spiro atoms. The van der Waals surface area contributed by atoms with E-state index in [0.29, 0.717) is 36.6 Å². The van der Waals surface area contributed by atoms with Crippen LogP contribution in [-0.4, -0.2) is 46.0 Å². The Morgan fingerprint density at radius 1 is 1.07 bits per heavy atom. The van der Waals surface area contributed by atoms with Crippen LogP contribution in [0.15, 0.2) is 41.3 Å². The Morgan fingerprint density at radius 2 is 1.76 bits per heavy atom. The van der Waals surface area contributed by atoms with Gasteiger partial charge in [-0.2, -0.15) is 0 Å². The molecule has 2 aliphatic rings. The first kappa shape index (κ1) is 19.7. The van der Waals surface area contributed by atoms with E-state index in [1.807, 2.05) is 12.1 Å². The number of benzene rings is 2. The molecule has 8 heteroatoms. The van der Waals surface area contributed by atoms with Gasteiger partial charge in [-0.25, -0.2) is 13.1 Å². The molecule has 7 nitrogen and oxygen atoms in total. The van der Waals surface area contributed by atoms with Crippen molar-refractivity contribution in [2.24, 2.45) is 0 Å². The number of fused-ring (bicyclic) bond motifs is 1. The van der Waals surface area contributed by atoms with Gasteiger partial charge in [0.1, 0.15) is 0 Å². The summed E-state index contributed by atoms with van der Waals surface area (Å²) in [5.41, 5.74) is 2.49. The van der Waals surface area contributed by atoms with E-state index in [-0.39, 0.29) is 16.8 Å². The fourth-order valence-electron chi connectivity index (χ4n) is 3.52. The van der Waals surface area contributed by atoms with Crippen LogP contribution in [0.3, 0.4) is 0 Å². The number of rotatable bonds is 6. The first-order valence-electron chi connectivity index (χ1n) is 9.56. The molecule has 154 valence electrons. The van der Waals surface area contributed by atoms with Gasteiger partial charge < -0.3 is 14.4 Å². The van der Waals surface area contributed by atoms with Crippen LogP contribution >= 0.6 is 0 Å². The summed E-state index contributed by atoms with van der Waals surface area (Å²) in [6, 6.07) is 10.1. The summed E-state index contributed by atoms with van der Waals surface area (Å²) >= 11 is 0. The lowest BCUT2D eigenvalue weighted by Crippen LogP contribution is -2.36. The molecule has 1 heterocycles. The van der Waals surface area contributed by atoms with Crippen LogP contribution in [0.1, 0.15) is 34.3 Å². The monoisotopic (exact) mass is 416 g/mol. The number of nitrogens with zero attached hydrogens (tertiary/aromatic N) is 1. The van der Waals surface area contributed by atoms with Crippen molar-refractivity contribution in [3.05, 3.63) is 53.1 Å². The maximum atomic E-state index is 13.1. The van der Waals surface area contributed by atoms with Gasteiger partial charge >= 0.3 is 0 Å². The molecule has 4 rings (SSSR count). The van der Waals surface area contributed by atoms with Crippen LogP contribution in [0.25, 0.3) is 0 Å². The van der Waals surface area contributed by atoms with E-state index in [2.05, 4.69) is 4.72 Å². The zero-order valence-electron chi connectivity index (χ0n) is 16.5. The van der Waals surface area contributed by atoms with E-state index in [0.717, 1.165) is 24.0 Å². The molecule has 2 aromatic rings. The van der Waals surface area contributed by atoms with Gasteiger partial charge in [-0.05, 0) is 60.7 Å². The third kappa shape index (κ3) is 4.09. The topological polar surface area (TPSA) is 84.9 Å². The number of hydrogen-bond donors (Lipinski definition) is 1. The van der Waals surface area contributed by atoms with Crippen molar-refractivity contribution in [2.75, 3.05) is 20.8 Å². The normalized spacial score (nSPS) is 16.3. The molecule has 1 aliphatic heterocycles. The van der Waals surface area contributed by atoms with Gasteiger partial charge in [0.25, 0.3) is 5.91 Å². The van der Waals surface area contributed by atoms with Crippen LogP contribution in [0.4, 0.5) is 0 Å². The maximum Gasteiger partial charge on any atom is 0.254 e. The SMILES string of the molecule is COc1cc2c(cc1OC)CN(C(=O)c1cccc(S(=O)(=O)NC3CC3)c1)CC2. The van der Waals surface area contributed by atoms with Crippen molar-refractivity contribution < 1.29 is 22.7 Å². The van der Waals surface area contributed by atoms with E-state index in [1.54, 1.807) is 31.3 Å². The summed E-state index contributed by atoms with van der Waals surface area (Å²) in [7, 11) is -0.420. The molecule has 0 bridgehead atoms. The number of nitrogens with one attached hydrogen (secondary N) is 1. The molecule has 1 amide bonds. The lowest BCUT2D eigenvalue weighted by Gasteiger charge is -2.29. The summed E-state index contributed by atoms with van der Waals surface area (Å²) in [4.78, 5) is 14.9. The van der Waals surface area contributed by atoms with Crippen LogP contribution in [-0.2, 0) is 23.0 Å². The minimum atomic E-state index is -3.60. The van der Waals surface area contributed by atoms with E-state index < -0.39 is 10.0 Å². The third-order valence-electron chi connectivity index (χ3n) is 5.30. The largest absolute Gasteiger partial charge is 0.493 e. The molecular formula is C21H24N2O5S. The number of carbonyl (C=O) groups excluding carboxylic acids is 1. The highest BCUT2D eigenvalue weighted by atomic mass is 32.2. The van der Waals surface area contributed by atoms with Crippen molar-refractivity contribution in [2.45, 2.75) is 36.7 Å². The van der Waals surface area contributed by atoms with Crippen molar-refractivity contribution in [1.82, 2.24) is 9.62 Å². The van der Waals surface area contributed by atoms with Gasteiger partial charge in [0.2, 0.25) is 10.0 Å².